The van der Waals surface area contributed by atoms with E-state index in [2.05, 4.69) is 27.7 Å². The average molecular weight is 200 g/mol. The Bertz CT molecular complexity index is 89.7. The normalized spacial score (nSPS) is 5.80. The summed E-state index contributed by atoms with van der Waals surface area (Å²) >= 11 is 2.62. The molecule has 0 atom stereocenters. The molecule has 0 unspecified atom stereocenters. The Labute approximate surface area is 63.6 Å². The number of rotatable bonds is 0. The first-order chi connectivity index (χ1) is 4.65. The van der Waals surface area contributed by atoms with Gasteiger partial charge in [0.05, 0.1) is 0 Å². The van der Waals surface area contributed by atoms with Gasteiger partial charge in [-0.3, -0.25) is 0 Å². The van der Waals surface area contributed by atoms with E-state index >= 15 is 0 Å². The van der Waals surface area contributed by atoms with Crippen molar-refractivity contribution in [3.8, 4) is 0 Å². The van der Waals surface area contributed by atoms with Crippen LogP contribution in [0.4, 0.5) is 13.2 Å². The Morgan fingerprint density at radius 1 is 1.50 bits per heavy atom. The summed E-state index contributed by atoms with van der Waals surface area (Å²) in [6.45, 7) is -0.0347. The number of hydrogen-bond donors (Lipinski definition) is 1. The second-order valence-corrected chi connectivity index (χ2v) is 0.548. The third kappa shape index (κ3) is 1860. The van der Waals surface area contributed by atoms with E-state index in [0.29, 0.717) is 0 Å². The summed E-state index contributed by atoms with van der Waals surface area (Å²) in [7, 11) is 0. The molecule has 0 amide bonds. The molecule has 0 aliphatic carbocycles. The van der Waals surface area contributed by atoms with E-state index in [1.165, 1.54) is 0 Å². The van der Waals surface area contributed by atoms with E-state index in [-0.39, 0.29) is 0 Å². The zero-order valence-electron chi connectivity index (χ0n) is 4.59. The van der Waals surface area contributed by atoms with E-state index in [0.717, 1.165) is 6.26 Å². The second kappa shape index (κ2) is 23.8. The first kappa shape index (κ1) is 16.2. The summed E-state index contributed by atoms with van der Waals surface area (Å²) in [6.07, 6.45) is 0.764. The summed E-state index contributed by atoms with van der Waals surface area (Å²) in [4.78, 5) is 0. The molecule has 0 heterocycles. The van der Waals surface area contributed by atoms with Crippen LogP contribution in [0, 0.1) is 6.68 Å². The van der Waals surface area contributed by atoms with E-state index in [9.17, 15) is 13.2 Å². The van der Waals surface area contributed by atoms with Gasteiger partial charge < -0.3 is 18.3 Å². The number of halogens is 3. The quantitative estimate of drug-likeness (QED) is 0.281. The molecule has 0 aliphatic heterocycles. The van der Waals surface area contributed by atoms with Crippen LogP contribution < -0.4 is 0 Å². The molecule has 0 aromatic carbocycles. The van der Waals surface area contributed by atoms with Crippen molar-refractivity contribution in [3.63, 3.8) is 0 Å². The molecule has 64 valence electrons. The van der Waals surface area contributed by atoms with Crippen molar-refractivity contribution in [2.75, 3.05) is 0 Å². The zero-order chi connectivity index (χ0) is 8.99. The summed E-state index contributed by atoms with van der Waals surface area (Å²) < 4.78 is 36.6. The molecule has 0 fully saturated rings. The van der Waals surface area contributed by atoms with Gasteiger partial charge >= 0.3 is 19.3 Å². The van der Waals surface area contributed by atoms with Crippen LogP contribution in [0.2, 0.25) is 0 Å². The fourth-order valence-electron chi connectivity index (χ4n) is 0. The molecule has 0 aromatic rings. The second-order valence-electron chi connectivity index (χ2n) is 0.548. The third-order valence-corrected chi connectivity index (χ3v) is 0.0913. The van der Waals surface area contributed by atoms with Gasteiger partial charge in [-0.2, -0.15) is 0 Å². The van der Waals surface area contributed by atoms with E-state index in [1.807, 2.05) is 0 Å². The summed E-state index contributed by atoms with van der Waals surface area (Å²) in [5.41, 5.74) is 2.11. The van der Waals surface area contributed by atoms with Crippen LogP contribution >= 0.6 is 0 Å². The van der Waals surface area contributed by atoms with Crippen LogP contribution in [0.5, 0.6) is 0 Å². The Kier molecular flexibility index (Phi) is 38.5. The van der Waals surface area contributed by atoms with Gasteiger partial charge in [-0.25, -0.2) is 0 Å². The molecular formula is C4H4F3NiO2-. The van der Waals surface area contributed by atoms with Crippen LogP contribution in [-0.4, -0.2) is 5.11 Å². The van der Waals surface area contributed by atoms with Gasteiger partial charge in [0, 0.05) is 0 Å². The maximum absolute atomic E-state index is 9.58. The standard InChI is InChI=1S/C3H4O.CF3.Ni.O/c1-2-3-4;2-1(3)4;;/h3-4H,1H2;;;/q;-1;;. The monoisotopic (exact) mass is 199 g/mol. The van der Waals surface area contributed by atoms with Gasteiger partial charge in [0.15, 0.2) is 6.68 Å². The minimum atomic E-state index is -3.08. The van der Waals surface area contributed by atoms with Gasteiger partial charge in [-0.15, -0.1) is 0 Å². The fourth-order valence-corrected chi connectivity index (χ4v) is 0. The molecule has 0 aromatic heterocycles. The number of aliphatic hydroxyl groups is 1. The summed E-state index contributed by atoms with van der Waals surface area (Å²) in [5, 5.41) is 7.58. The topological polar surface area (TPSA) is 37.3 Å². The molecule has 1 N–H and O–H groups in total. The third-order valence-electron chi connectivity index (χ3n) is 0.0913. The van der Waals surface area contributed by atoms with E-state index in [4.69, 9.17) is 9.00 Å². The Morgan fingerprint density at radius 2 is 1.60 bits per heavy atom. The van der Waals surface area contributed by atoms with Crippen LogP contribution in [0.25, 0.3) is 0 Å². The zero-order valence-corrected chi connectivity index (χ0v) is 5.58. The van der Waals surface area contributed by atoms with Crippen molar-refractivity contribution in [1.29, 1.82) is 0 Å². The molecule has 0 saturated heterocycles. The Morgan fingerprint density at radius 3 is 1.60 bits per heavy atom. The average Bonchev–Trinajstić information content (AvgIpc) is 1.91. The van der Waals surface area contributed by atoms with Crippen molar-refractivity contribution in [3.05, 3.63) is 25.3 Å². The molecule has 10 heavy (non-hydrogen) atoms. The van der Waals surface area contributed by atoms with Gasteiger partial charge in [0.2, 0.25) is 0 Å². The van der Waals surface area contributed by atoms with Crippen molar-refractivity contribution in [1.82, 2.24) is 0 Å². The molecular weight excluding hydrogens is 196 g/mol. The van der Waals surface area contributed by atoms with Crippen LogP contribution in [-0.2, 0) is 19.3 Å². The van der Waals surface area contributed by atoms with Gasteiger partial charge in [-0.05, 0) is 0 Å². The molecule has 0 aliphatic rings. The van der Waals surface area contributed by atoms with Crippen molar-refractivity contribution < 1.29 is 37.6 Å². The van der Waals surface area contributed by atoms with Crippen molar-refractivity contribution in [2.24, 2.45) is 0 Å². The van der Waals surface area contributed by atoms with Gasteiger partial charge in [-0.1, -0.05) is 12.3 Å². The van der Waals surface area contributed by atoms with Crippen molar-refractivity contribution in [2.45, 2.75) is 0 Å². The first-order valence-corrected chi connectivity index (χ1v) is 2.00. The summed E-state index contributed by atoms with van der Waals surface area (Å²) in [5.74, 6) is 0. The van der Waals surface area contributed by atoms with Crippen LogP contribution in [0.15, 0.2) is 18.6 Å². The SMILES string of the molecule is C=C=CO.F[C-](F)F.[O]=[Ni]. The molecule has 0 radical (unpaired) electrons. The van der Waals surface area contributed by atoms with E-state index in [1.54, 1.807) is 0 Å². The van der Waals surface area contributed by atoms with Crippen LogP contribution in [0.1, 0.15) is 0 Å². The molecule has 6 heteroatoms. The number of hydrogen-bond acceptors (Lipinski definition) is 2. The molecule has 0 rings (SSSR count). The van der Waals surface area contributed by atoms with Crippen LogP contribution in [0.3, 0.4) is 0 Å². The first-order valence-electron chi connectivity index (χ1n) is 1.60. The predicted molar refractivity (Wildman–Crippen MR) is 23.6 cm³/mol. The summed E-state index contributed by atoms with van der Waals surface area (Å²) in [6, 6.07) is 0. The molecule has 0 bridgehead atoms. The van der Waals surface area contributed by atoms with Gasteiger partial charge in [0.25, 0.3) is 0 Å². The predicted octanol–water partition coefficient (Wildman–Crippen LogP) is 2.06. The van der Waals surface area contributed by atoms with E-state index < -0.39 is 6.68 Å². The Balaban J connectivity index is -0.0000000787. The molecule has 0 saturated carbocycles. The molecule has 2 nitrogen and oxygen atoms in total. The Hall–Kier alpha value is -0.596. The van der Waals surface area contributed by atoms with Crippen molar-refractivity contribution >= 4 is 0 Å². The van der Waals surface area contributed by atoms with Gasteiger partial charge in [0.1, 0.15) is 6.26 Å². The molecule has 0 spiro atoms. The fraction of sp³-hybridized carbons (Fsp3) is 0. The minimum absolute atomic E-state index is 0.764. The number of aliphatic hydroxyl groups excluding tert-OH is 1. The maximum atomic E-state index is 9.58.